The minimum atomic E-state index is -0.0356. The van der Waals surface area contributed by atoms with Crippen molar-refractivity contribution in [3.05, 3.63) is 24.3 Å². The lowest BCUT2D eigenvalue weighted by molar-refractivity contribution is -0.126. The van der Waals surface area contributed by atoms with Gasteiger partial charge in [0.1, 0.15) is 6.79 Å². The molecule has 4 nitrogen and oxygen atoms in total. The average molecular weight is 227 g/mol. The molecule has 0 saturated heterocycles. The Hall–Kier alpha value is -1.42. The third-order valence-corrected chi connectivity index (χ3v) is 1.98. The molecule has 1 rings (SSSR count). The molecule has 1 amide bonds. The van der Waals surface area contributed by atoms with Gasteiger partial charge in [-0.2, -0.15) is 0 Å². The normalized spacial score (nSPS) is 17.8. The molecule has 0 aromatic rings. The Balaban J connectivity index is 0. The van der Waals surface area contributed by atoms with Crippen LogP contribution < -0.4 is 0 Å². The van der Waals surface area contributed by atoms with Crippen LogP contribution in [-0.4, -0.2) is 41.9 Å². The van der Waals surface area contributed by atoms with E-state index >= 15 is 0 Å². The van der Waals surface area contributed by atoms with E-state index in [1.807, 2.05) is 33.6 Å². The van der Waals surface area contributed by atoms with Crippen molar-refractivity contribution in [3.63, 3.8) is 0 Å². The van der Waals surface area contributed by atoms with Crippen molar-refractivity contribution in [2.24, 2.45) is 0 Å². The highest BCUT2D eigenvalue weighted by molar-refractivity contribution is 5.98. The molecule has 0 aliphatic carbocycles. The summed E-state index contributed by atoms with van der Waals surface area (Å²) in [5, 5.41) is 8.68. The van der Waals surface area contributed by atoms with Crippen LogP contribution in [0.2, 0.25) is 0 Å². The van der Waals surface area contributed by atoms with Crippen molar-refractivity contribution in [2.45, 2.75) is 26.8 Å². The molecule has 0 saturated carbocycles. The molecule has 1 unspecified atom stereocenters. The molecular weight excluding hydrogens is 206 g/mol. The third-order valence-electron chi connectivity index (χ3n) is 1.98. The number of carbonyl (C=O) groups excluding carboxylic acids is 2. The number of aliphatic hydroxyl groups is 1. The summed E-state index contributed by atoms with van der Waals surface area (Å²) in [5.41, 5.74) is 0.635. The lowest BCUT2D eigenvalue weighted by Crippen LogP contribution is -2.34. The van der Waals surface area contributed by atoms with Crippen molar-refractivity contribution in [1.82, 2.24) is 4.90 Å². The highest BCUT2D eigenvalue weighted by atomic mass is 16.3. The minimum absolute atomic E-state index is 0.00828. The molecule has 1 N–H and O–H groups in total. The Morgan fingerprint density at radius 2 is 2.00 bits per heavy atom. The summed E-state index contributed by atoms with van der Waals surface area (Å²) in [6.45, 7) is 11.9. The summed E-state index contributed by atoms with van der Waals surface area (Å²) in [5.74, 6) is -0.0356. The SMILES string of the molecule is C=CC1=CC(C)N(CCO)C1=O.C=O.CC. The maximum Gasteiger partial charge on any atom is 0.254 e. The van der Waals surface area contributed by atoms with Crippen LogP contribution in [0.3, 0.4) is 0 Å². The summed E-state index contributed by atoms with van der Waals surface area (Å²) in [6, 6.07) is 0.0812. The smallest absolute Gasteiger partial charge is 0.254 e. The van der Waals surface area contributed by atoms with Crippen LogP contribution in [0.4, 0.5) is 0 Å². The van der Waals surface area contributed by atoms with Gasteiger partial charge in [0.15, 0.2) is 0 Å². The van der Waals surface area contributed by atoms with E-state index in [4.69, 9.17) is 9.90 Å². The van der Waals surface area contributed by atoms with Gasteiger partial charge in [-0.15, -0.1) is 0 Å². The fourth-order valence-corrected chi connectivity index (χ4v) is 1.34. The van der Waals surface area contributed by atoms with Gasteiger partial charge in [-0.3, -0.25) is 4.79 Å². The Morgan fingerprint density at radius 3 is 2.31 bits per heavy atom. The lowest BCUT2D eigenvalue weighted by atomic mass is 10.2. The second kappa shape index (κ2) is 10.1. The summed E-state index contributed by atoms with van der Waals surface area (Å²) in [4.78, 5) is 21.0. The fraction of sp³-hybridized carbons (Fsp3) is 0.500. The lowest BCUT2D eigenvalue weighted by Gasteiger charge is -2.20. The zero-order chi connectivity index (χ0) is 13.1. The Morgan fingerprint density at radius 1 is 1.50 bits per heavy atom. The van der Waals surface area contributed by atoms with E-state index in [0.29, 0.717) is 12.1 Å². The molecule has 0 spiro atoms. The Labute approximate surface area is 97.3 Å². The topological polar surface area (TPSA) is 57.6 Å². The first-order chi connectivity index (χ1) is 7.70. The van der Waals surface area contributed by atoms with Crippen molar-refractivity contribution in [1.29, 1.82) is 0 Å². The van der Waals surface area contributed by atoms with Crippen LogP contribution in [0.15, 0.2) is 24.3 Å². The number of β-amino-alcohol motifs (C(OH)–C–C–N with tert-alkyl or cyclic N) is 1. The largest absolute Gasteiger partial charge is 0.395 e. The van der Waals surface area contributed by atoms with Crippen LogP contribution in [0, 0.1) is 0 Å². The molecule has 1 aliphatic heterocycles. The Kier molecular flexibility index (Phi) is 10.7. The number of amides is 1. The number of nitrogens with zero attached hydrogens (tertiary/aromatic N) is 1. The highest BCUT2D eigenvalue weighted by Gasteiger charge is 2.26. The van der Waals surface area contributed by atoms with Crippen LogP contribution in [0.1, 0.15) is 20.8 Å². The molecule has 4 heteroatoms. The first-order valence-corrected chi connectivity index (χ1v) is 5.25. The van der Waals surface area contributed by atoms with Crippen molar-refractivity contribution < 1.29 is 14.7 Å². The van der Waals surface area contributed by atoms with Crippen LogP contribution in [0.25, 0.3) is 0 Å². The molecule has 1 heterocycles. The van der Waals surface area contributed by atoms with E-state index in [9.17, 15) is 4.79 Å². The second-order valence-electron chi connectivity index (χ2n) is 2.79. The third kappa shape index (κ3) is 4.40. The zero-order valence-electron chi connectivity index (χ0n) is 10.3. The molecule has 92 valence electrons. The molecule has 0 aromatic heterocycles. The summed E-state index contributed by atoms with van der Waals surface area (Å²) in [7, 11) is 0. The molecule has 0 fully saturated rings. The van der Waals surface area contributed by atoms with Gasteiger partial charge in [0.25, 0.3) is 5.91 Å². The molecule has 0 bridgehead atoms. The molecule has 0 aromatic carbocycles. The second-order valence-corrected chi connectivity index (χ2v) is 2.79. The molecular formula is C12H21NO3. The van der Waals surface area contributed by atoms with Crippen molar-refractivity contribution in [2.75, 3.05) is 13.2 Å². The van der Waals surface area contributed by atoms with Gasteiger partial charge < -0.3 is 14.8 Å². The predicted octanol–water partition coefficient (Wildman–Crippen LogP) is 1.16. The number of hydrogen-bond acceptors (Lipinski definition) is 3. The van der Waals surface area contributed by atoms with Crippen LogP contribution >= 0.6 is 0 Å². The quantitative estimate of drug-likeness (QED) is 0.787. The molecule has 1 atom stereocenters. The number of rotatable bonds is 3. The highest BCUT2D eigenvalue weighted by Crippen LogP contribution is 2.17. The van der Waals surface area contributed by atoms with E-state index in [-0.39, 0.29) is 18.6 Å². The molecule has 1 aliphatic rings. The predicted molar refractivity (Wildman–Crippen MR) is 65.0 cm³/mol. The number of carbonyl (C=O) groups is 2. The van der Waals surface area contributed by atoms with Crippen molar-refractivity contribution in [3.8, 4) is 0 Å². The number of hydrogen-bond donors (Lipinski definition) is 1. The zero-order valence-corrected chi connectivity index (χ0v) is 10.3. The summed E-state index contributed by atoms with van der Waals surface area (Å²) in [6.07, 6.45) is 3.40. The van der Waals surface area contributed by atoms with Crippen LogP contribution in [0.5, 0.6) is 0 Å². The summed E-state index contributed by atoms with van der Waals surface area (Å²) >= 11 is 0. The fourth-order valence-electron chi connectivity index (χ4n) is 1.34. The number of aliphatic hydroxyl groups excluding tert-OH is 1. The van der Waals surface area contributed by atoms with Gasteiger partial charge in [0.05, 0.1) is 6.61 Å². The van der Waals surface area contributed by atoms with E-state index in [2.05, 4.69) is 6.58 Å². The van der Waals surface area contributed by atoms with Gasteiger partial charge in [0.2, 0.25) is 0 Å². The maximum atomic E-state index is 11.4. The van der Waals surface area contributed by atoms with Crippen LogP contribution in [-0.2, 0) is 9.59 Å². The first-order valence-electron chi connectivity index (χ1n) is 5.25. The van der Waals surface area contributed by atoms with E-state index in [0.717, 1.165) is 0 Å². The first kappa shape index (κ1) is 17.0. The van der Waals surface area contributed by atoms with Gasteiger partial charge in [-0.1, -0.05) is 26.5 Å². The standard InChI is InChI=1S/C9H13NO2.C2H6.CH2O/c1-3-8-6-7(2)10(4-5-11)9(8)12;2*1-2/h3,6-7,11H,1,4-5H2,2H3;1-2H3;1H2. The van der Waals surface area contributed by atoms with Crippen molar-refractivity contribution >= 4 is 12.7 Å². The van der Waals surface area contributed by atoms with Gasteiger partial charge in [-0.05, 0) is 13.0 Å². The van der Waals surface area contributed by atoms with E-state index in [1.165, 1.54) is 0 Å². The molecule has 16 heavy (non-hydrogen) atoms. The maximum absolute atomic E-state index is 11.4. The average Bonchev–Trinajstić information content (AvgIpc) is 2.62. The van der Waals surface area contributed by atoms with E-state index < -0.39 is 0 Å². The summed E-state index contributed by atoms with van der Waals surface area (Å²) < 4.78 is 0. The van der Waals surface area contributed by atoms with Gasteiger partial charge in [0, 0.05) is 18.2 Å². The monoisotopic (exact) mass is 227 g/mol. The van der Waals surface area contributed by atoms with Gasteiger partial charge in [-0.25, -0.2) is 0 Å². The van der Waals surface area contributed by atoms with Gasteiger partial charge >= 0.3 is 0 Å². The Bertz CT molecular complexity index is 249. The minimum Gasteiger partial charge on any atom is -0.395 e. The molecule has 0 radical (unpaired) electrons. The van der Waals surface area contributed by atoms with E-state index in [1.54, 1.807) is 11.0 Å².